The molecule has 3 atom stereocenters. The predicted octanol–water partition coefficient (Wildman–Crippen LogP) is 2.87. The van der Waals surface area contributed by atoms with Crippen molar-refractivity contribution >= 4 is 11.5 Å². The summed E-state index contributed by atoms with van der Waals surface area (Å²) in [6, 6.07) is 5.48. The predicted molar refractivity (Wildman–Crippen MR) is 89.0 cm³/mol. The summed E-state index contributed by atoms with van der Waals surface area (Å²) in [6.07, 6.45) is 9.92. The smallest absolute Gasteiger partial charge is 0.151 e. The van der Waals surface area contributed by atoms with Crippen LogP contribution < -0.4 is 15.5 Å². The number of piperidine rings is 1. The molecule has 0 aromatic carbocycles. The lowest BCUT2D eigenvalue weighted by atomic mass is 9.88. The van der Waals surface area contributed by atoms with Crippen LogP contribution in [0.1, 0.15) is 38.5 Å². The number of pyridine rings is 1. The highest BCUT2D eigenvalue weighted by Gasteiger charge is 2.34. The van der Waals surface area contributed by atoms with E-state index in [1.54, 1.807) is 0 Å². The van der Waals surface area contributed by atoms with Gasteiger partial charge in [-0.05, 0) is 50.3 Å². The summed E-state index contributed by atoms with van der Waals surface area (Å²) in [7, 11) is 4.12. The van der Waals surface area contributed by atoms with Crippen LogP contribution in [0, 0.1) is 5.92 Å². The van der Waals surface area contributed by atoms with Crippen molar-refractivity contribution in [2.45, 2.75) is 50.6 Å². The Morgan fingerprint density at radius 2 is 2.10 bits per heavy atom. The van der Waals surface area contributed by atoms with Gasteiger partial charge in [-0.3, -0.25) is 0 Å². The molecular weight excluding hydrogens is 260 g/mol. The minimum atomic E-state index is 0.587. The molecule has 4 nitrogen and oxygen atoms in total. The molecule has 1 aromatic rings. The molecule has 0 spiro atoms. The van der Waals surface area contributed by atoms with E-state index in [1.807, 2.05) is 12.3 Å². The second-order valence-electron chi connectivity index (χ2n) is 6.67. The summed E-state index contributed by atoms with van der Waals surface area (Å²) in [4.78, 5) is 6.59. The third-order valence-corrected chi connectivity index (χ3v) is 4.99. The zero-order chi connectivity index (χ0) is 14.7. The van der Waals surface area contributed by atoms with E-state index in [4.69, 9.17) is 0 Å². The van der Waals surface area contributed by atoms with Gasteiger partial charge in [0, 0.05) is 32.4 Å². The van der Waals surface area contributed by atoms with Gasteiger partial charge in [-0.2, -0.15) is 0 Å². The van der Waals surface area contributed by atoms with Gasteiger partial charge in [0.05, 0.1) is 5.69 Å². The molecule has 3 unspecified atom stereocenters. The zero-order valence-corrected chi connectivity index (χ0v) is 13.3. The van der Waals surface area contributed by atoms with Crippen molar-refractivity contribution in [3.05, 3.63) is 18.3 Å². The molecule has 0 bridgehead atoms. The monoisotopic (exact) mass is 288 g/mol. The fourth-order valence-electron chi connectivity index (χ4n) is 3.96. The van der Waals surface area contributed by atoms with E-state index in [2.05, 4.69) is 40.7 Å². The Morgan fingerprint density at radius 3 is 2.86 bits per heavy atom. The maximum atomic E-state index is 4.51. The molecule has 3 rings (SSSR count). The minimum Gasteiger partial charge on any atom is -0.379 e. The summed E-state index contributed by atoms with van der Waals surface area (Å²) in [6.45, 7) is 1.20. The molecule has 116 valence electrons. The molecule has 4 heteroatoms. The summed E-state index contributed by atoms with van der Waals surface area (Å²) in [5, 5.41) is 7.54. The van der Waals surface area contributed by atoms with E-state index < -0.39 is 0 Å². The molecule has 1 aliphatic heterocycles. The van der Waals surface area contributed by atoms with E-state index in [0.29, 0.717) is 12.1 Å². The minimum absolute atomic E-state index is 0.587. The maximum absolute atomic E-state index is 4.51. The molecule has 2 aliphatic rings. The first-order chi connectivity index (χ1) is 10.3. The van der Waals surface area contributed by atoms with Crippen molar-refractivity contribution < 1.29 is 0 Å². The number of aromatic nitrogens is 1. The molecule has 2 heterocycles. The van der Waals surface area contributed by atoms with Crippen LogP contribution in [-0.4, -0.2) is 37.7 Å². The highest BCUT2D eigenvalue weighted by atomic mass is 15.2. The molecule has 1 aliphatic carbocycles. The summed E-state index contributed by atoms with van der Waals surface area (Å²) >= 11 is 0. The molecular formula is C17H28N4. The Hall–Kier alpha value is -1.29. The van der Waals surface area contributed by atoms with E-state index in [-0.39, 0.29) is 0 Å². The van der Waals surface area contributed by atoms with Crippen LogP contribution >= 0.6 is 0 Å². The molecule has 1 saturated heterocycles. The van der Waals surface area contributed by atoms with E-state index in [1.165, 1.54) is 50.8 Å². The Balaban J connectivity index is 1.71. The third-order valence-electron chi connectivity index (χ3n) is 4.99. The summed E-state index contributed by atoms with van der Waals surface area (Å²) in [5.41, 5.74) is 1.18. The lowest BCUT2D eigenvalue weighted by molar-refractivity contribution is 0.286. The molecule has 1 saturated carbocycles. The van der Waals surface area contributed by atoms with Crippen molar-refractivity contribution in [2.75, 3.05) is 30.9 Å². The number of hydrogen-bond acceptors (Lipinski definition) is 4. The standard InChI is InChI=1S/C17H28N4/c1-21(2)17-16(10-6-12-19-17)20-15-9-5-7-13(15)14-8-3-4-11-18-14/h6,10,12-15,18,20H,3-5,7-9,11H2,1-2H3. The topological polar surface area (TPSA) is 40.2 Å². The normalized spacial score (nSPS) is 29.3. The number of rotatable bonds is 4. The fourth-order valence-corrected chi connectivity index (χ4v) is 3.96. The zero-order valence-electron chi connectivity index (χ0n) is 13.3. The van der Waals surface area contributed by atoms with Crippen LogP contribution in [0.5, 0.6) is 0 Å². The van der Waals surface area contributed by atoms with Crippen molar-refractivity contribution in [3.8, 4) is 0 Å². The van der Waals surface area contributed by atoms with Gasteiger partial charge in [0.25, 0.3) is 0 Å². The van der Waals surface area contributed by atoms with Crippen molar-refractivity contribution in [1.82, 2.24) is 10.3 Å². The lowest BCUT2D eigenvalue weighted by Crippen LogP contribution is -2.44. The van der Waals surface area contributed by atoms with Crippen molar-refractivity contribution in [1.29, 1.82) is 0 Å². The number of hydrogen-bond donors (Lipinski definition) is 2. The lowest BCUT2D eigenvalue weighted by Gasteiger charge is -2.34. The van der Waals surface area contributed by atoms with Crippen LogP contribution in [0.4, 0.5) is 11.5 Å². The van der Waals surface area contributed by atoms with Gasteiger partial charge in [0.15, 0.2) is 5.82 Å². The van der Waals surface area contributed by atoms with E-state index in [9.17, 15) is 0 Å². The molecule has 2 fully saturated rings. The summed E-state index contributed by atoms with van der Waals surface area (Å²) in [5.74, 6) is 1.81. The summed E-state index contributed by atoms with van der Waals surface area (Å²) < 4.78 is 0. The first-order valence-electron chi connectivity index (χ1n) is 8.38. The first-order valence-corrected chi connectivity index (χ1v) is 8.38. The molecule has 1 aromatic heterocycles. The largest absolute Gasteiger partial charge is 0.379 e. The van der Waals surface area contributed by atoms with Crippen LogP contribution in [0.2, 0.25) is 0 Å². The van der Waals surface area contributed by atoms with Gasteiger partial charge in [0.1, 0.15) is 0 Å². The van der Waals surface area contributed by atoms with Gasteiger partial charge in [-0.25, -0.2) is 4.98 Å². The number of anilines is 2. The second kappa shape index (κ2) is 6.65. The SMILES string of the molecule is CN(C)c1ncccc1NC1CCCC1C1CCCCN1. The van der Waals surface area contributed by atoms with Crippen molar-refractivity contribution in [3.63, 3.8) is 0 Å². The first kappa shape index (κ1) is 14.6. The Labute approximate surface area is 128 Å². The third kappa shape index (κ3) is 3.31. The molecule has 21 heavy (non-hydrogen) atoms. The van der Waals surface area contributed by atoms with Gasteiger partial charge in [0.2, 0.25) is 0 Å². The van der Waals surface area contributed by atoms with Crippen LogP contribution in [-0.2, 0) is 0 Å². The Kier molecular flexibility index (Phi) is 4.63. The highest BCUT2D eigenvalue weighted by molar-refractivity contribution is 5.65. The van der Waals surface area contributed by atoms with Gasteiger partial charge in [-0.1, -0.05) is 12.8 Å². The molecule has 2 N–H and O–H groups in total. The average Bonchev–Trinajstić information content (AvgIpc) is 2.96. The van der Waals surface area contributed by atoms with Gasteiger partial charge in [-0.15, -0.1) is 0 Å². The highest BCUT2D eigenvalue weighted by Crippen LogP contribution is 2.35. The van der Waals surface area contributed by atoms with E-state index >= 15 is 0 Å². The Morgan fingerprint density at radius 1 is 1.19 bits per heavy atom. The van der Waals surface area contributed by atoms with Gasteiger partial charge >= 0.3 is 0 Å². The fraction of sp³-hybridized carbons (Fsp3) is 0.706. The van der Waals surface area contributed by atoms with Crippen molar-refractivity contribution in [2.24, 2.45) is 5.92 Å². The molecule has 0 amide bonds. The average molecular weight is 288 g/mol. The maximum Gasteiger partial charge on any atom is 0.151 e. The van der Waals surface area contributed by atoms with E-state index in [0.717, 1.165) is 11.7 Å². The van der Waals surface area contributed by atoms with Crippen LogP contribution in [0.25, 0.3) is 0 Å². The number of nitrogens with one attached hydrogen (secondary N) is 2. The quantitative estimate of drug-likeness (QED) is 0.894. The molecule has 0 radical (unpaired) electrons. The second-order valence-corrected chi connectivity index (χ2v) is 6.67. The Bertz CT molecular complexity index is 454. The van der Waals surface area contributed by atoms with Gasteiger partial charge < -0.3 is 15.5 Å². The van der Waals surface area contributed by atoms with Crippen LogP contribution in [0.15, 0.2) is 18.3 Å². The van der Waals surface area contributed by atoms with Crippen LogP contribution in [0.3, 0.4) is 0 Å². The number of nitrogens with zero attached hydrogens (tertiary/aromatic N) is 2.